The molecular formula is C22H20F3N5O2. The van der Waals surface area contributed by atoms with Gasteiger partial charge in [0.05, 0.1) is 16.9 Å². The van der Waals surface area contributed by atoms with Gasteiger partial charge in [0.15, 0.2) is 0 Å². The van der Waals surface area contributed by atoms with E-state index in [9.17, 15) is 22.8 Å². The van der Waals surface area contributed by atoms with Crippen molar-refractivity contribution in [2.45, 2.75) is 18.9 Å². The fourth-order valence-electron chi connectivity index (χ4n) is 3.76. The van der Waals surface area contributed by atoms with E-state index in [2.05, 4.69) is 5.32 Å². The Hall–Kier alpha value is -3.95. The number of fused-ring (bicyclic) bond motifs is 1. The number of hydrogen-bond acceptors (Lipinski definition) is 4. The van der Waals surface area contributed by atoms with Gasteiger partial charge in [-0.05, 0) is 41.5 Å². The van der Waals surface area contributed by atoms with Crippen LogP contribution < -0.4 is 21.3 Å². The number of anilines is 2. The lowest BCUT2D eigenvalue weighted by atomic mass is 10.1. The van der Waals surface area contributed by atoms with Crippen LogP contribution in [0.3, 0.4) is 0 Å². The van der Waals surface area contributed by atoms with Crippen LogP contribution in [0.1, 0.15) is 27.7 Å². The molecule has 2 heterocycles. The molecule has 166 valence electrons. The van der Waals surface area contributed by atoms with Crippen molar-refractivity contribution < 1.29 is 22.8 Å². The summed E-state index contributed by atoms with van der Waals surface area (Å²) < 4.78 is 38.8. The van der Waals surface area contributed by atoms with Crippen LogP contribution in [-0.4, -0.2) is 29.6 Å². The van der Waals surface area contributed by atoms with Gasteiger partial charge in [0.2, 0.25) is 0 Å². The zero-order valence-corrected chi connectivity index (χ0v) is 17.0. The predicted molar refractivity (Wildman–Crippen MR) is 113 cm³/mol. The number of nitrogens with two attached hydrogens (primary N) is 1. The molecule has 0 saturated carbocycles. The maximum Gasteiger partial charge on any atom is 0.471 e. The summed E-state index contributed by atoms with van der Waals surface area (Å²) in [6, 6.07) is 14.5. The number of alkyl halides is 3. The van der Waals surface area contributed by atoms with Gasteiger partial charge in [-0.25, -0.2) is 0 Å². The molecule has 10 heteroatoms. The minimum atomic E-state index is -4.91. The lowest BCUT2D eigenvalue weighted by Crippen LogP contribution is -2.36. The first-order chi connectivity index (χ1) is 15.1. The molecule has 1 aliphatic rings. The summed E-state index contributed by atoms with van der Waals surface area (Å²) in [6.07, 6.45) is -1.79. The van der Waals surface area contributed by atoms with E-state index in [1.165, 1.54) is 0 Å². The Kier molecular flexibility index (Phi) is 5.29. The summed E-state index contributed by atoms with van der Waals surface area (Å²) in [5, 5.41) is 5.24. The van der Waals surface area contributed by atoms with Crippen molar-refractivity contribution in [3.05, 3.63) is 77.6 Å². The van der Waals surface area contributed by atoms with Crippen molar-refractivity contribution in [1.29, 1.82) is 0 Å². The standard InChI is InChI=1S/C22H20F3N5O2/c1-29-18-16(19(26)31)6-3-7-17(18)28-20(29)14-4-2-5-15(10-14)30-9-8-13(12-30)11-27-21(32)22(23,24)25/h2-10,12,20,28H,11H2,1H3,(H2,26,31)(H,27,32). The van der Waals surface area contributed by atoms with E-state index in [4.69, 9.17) is 5.73 Å². The van der Waals surface area contributed by atoms with E-state index < -0.39 is 18.0 Å². The number of halogens is 3. The van der Waals surface area contributed by atoms with Crippen molar-refractivity contribution in [1.82, 2.24) is 9.88 Å². The molecule has 2 aromatic carbocycles. The van der Waals surface area contributed by atoms with Crippen molar-refractivity contribution in [2.24, 2.45) is 5.73 Å². The molecule has 1 aliphatic heterocycles. The van der Waals surface area contributed by atoms with E-state index in [-0.39, 0.29) is 12.7 Å². The van der Waals surface area contributed by atoms with Gasteiger partial charge in [-0.15, -0.1) is 0 Å². The molecule has 32 heavy (non-hydrogen) atoms. The van der Waals surface area contributed by atoms with Gasteiger partial charge in [0, 0.05) is 31.7 Å². The summed E-state index contributed by atoms with van der Waals surface area (Å²) in [7, 11) is 1.86. The van der Waals surface area contributed by atoms with Crippen LogP contribution in [0.5, 0.6) is 0 Å². The summed E-state index contributed by atoms with van der Waals surface area (Å²) in [4.78, 5) is 24.8. The fraction of sp³-hybridized carbons (Fsp3) is 0.182. The Labute approximate surface area is 181 Å². The highest BCUT2D eigenvalue weighted by Gasteiger charge is 2.38. The Morgan fingerprint density at radius 3 is 2.62 bits per heavy atom. The van der Waals surface area contributed by atoms with Gasteiger partial charge < -0.3 is 25.8 Å². The summed E-state index contributed by atoms with van der Waals surface area (Å²) in [5.41, 5.74) is 9.69. The number of nitrogens with one attached hydrogen (secondary N) is 2. The van der Waals surface area contributed by atoms with Crippen LogP contribution in [0.2, 0.25) is 0 Å². The van der Waals surface area contributed by atoms with E-state index in [0.717, 1.165) is 22.6 Å². The summed E-state index contributed by atoms with van der Waals surface area (Å²) >= 11 is 0. The lowest BCUT2D eigenvalue weighted by molar-refractivity contribution is -0.173. The molecule has 4 N–H and O–H groups in total. The maximum absolute atomic E-state index is 12.4. The fourth-order valence-corrected chi connectivity index (χ4v) is 3.76. The Balaban J connectivity index is 1.54. The molecule has 0 bridgehead atoms. The topological polar surface area (TPSA) is 92.4 Å². The van der Waals surface area contributed by atoms with Gasteiger partial charge in [0.1, 0.15) is 6.17 Å². The van der Waals surface area contributed by atoms with Gasteiger partial charge in [0.25, 0.3) is 5.91 Å². The minimum Gasteiger partial charge on any atom is -0.366 e. The summed E-state index contributed by atoms with van der Waals surface area (Å²) in [5.74, 6) is -2.49. The van der Waals surface area contributed by atoms with Gasteiger partial charge >= 0.3 is 12.1 Å². The zero-order chi connectivity index (χ0) is 23.0. The second-order valence-electron chi connectivity index (χ2n) is 7.43. The van der Waals surface area contributed by atoms with Crippen molar-refractivity contribution in [3.8, 4) is 5.69 Å². The van der Waals surface area contributed by atoms with Crippen LogP contribution in [0, 0.1) is 0 Å². The number of carbonyl (C=O) groups excluding carboxylic acids is 2. The molecule has 0 spiro atoms. The number of primary amides is 1. The number of aromatic nitrogens is 1. The third-order valence-electron chi connectivity index (χ3n) is 5.28. The predicted octanol–water partition coefficient (Wildman–Crippen LogP) is 3.32. The number of hydrogen-bond donors (Lipinski definition) is 3. The average Bonchev–Trinajstić information content (AvgIpc) is 3.36. The molecule has 7 nitrogen and oxygen atoms in total. The molecule has 1 unspecified atom stereocenters. The van der Waals surface area contributed by atoms with E-state index >= 15 is 0 Å². The first kappa shape index (κ1) is 21.3. The third-order valence-corrected chi connectivity index (χ3v) is 5.28. The number of para-hydroxylation sites is 1. The third kappa shape index (κ3) is 3.98. The smallest absolute Gasteiger partial charge is 0.366 e. The highest BCUT2D eigenvalue weighted by atomic mass is 19.4. The number of nitrogens with zero attached hydrogens (tertiary/aromatic N) is 2. The SMILES string of the molecule is CN1c2c(cccc2C(N)=O)NC1c1cccc(-n2ccc(CNC(=O)C(F)(F)F)c2)c1. The van der Waals surface area contributed by atoms with Crippen molar-refractivity contribution >= 4 is 23.2 Å². The minimum absolute atomic E-state index is 0.233. The van der Waals surface area contributed by atoms with Gasteiger partial charge in [-0.2, -0.15) is 13.2 Å². The molecule has 0 saturated heterocycles. The second-order valence-corrected chi connectivity index (χ2v) is 7.43. The normalized spacial score (nSPS) is 15.2. The highest BCUT2D eigenvalue weighted by molar-refractivity contribution is 6.03. The van der Waals surface area contributed by atoms with Gasteiger partial charge in [-0.1, -0.05) is 18.2 Å². The first-order valence-corrected chi connectivity index (χ1v) is 9.69. The van der Waals surface area contributed by atoms with Crippen LogP contribution in [0.4, 0.5) is 24.5 Å². The number of amides is 2. The van der Waals surface area contributed by atoms with E-state index in [1.807, 2.05) is 47.6 Å². The molecule has 4 rings (SSSR count). The Morgan fingerprint density at radius 1 is 1.16 bits per heavy atom. The molecule has 0 fully saturated rings. The largest absolute Gasteiger partial charge is 0.471 e. The van der Waals surface area contributed by atoms with Crippen LogP contribution in [0.15, 0.2) is 60.9 Å². The first-order valence-electron chi connectivity index (χ1n) is 9.69. The number of benzene rings is 2. The molecule has 1 aromatic heterocycles. The molecule has 2 amide bonds. The van der Waals surface area contributed by atoms with Gasteiger partial charge in [-0.3, -0.25) is 9.59 Å². The van der Waals surface area contributed by atoms with E-state index in [0.29, 0.717) is 11.1 Å². The van der Waals surface area contributed by atoms with Crippen LogP contribution >= 0.6 is 0 Å². The molecule has 0 aliphatic carbocycles. The highest BCUT2D eigenvalue weighted by Crippen LogP contribution is 2.42. The zero-order valence-electron chi connectivity index (χ0n) is 17.0. The van der Waals surface area contributed by atoms with Crippen molar-refractivity contribution in [2.75, 3.05) is 17.3 Å². The summed E-state index contributed by atoms with van der Waals surface area (Å²) in [6.45, 7) is -0.233. The van der Waals surface area contributed by atoms with Crippen LogP contribution in [0.25, 0.3) is 5.69 Å². The monoisotopic (exact) mass is 443 g/mol. The lowest BCUT2D eigenvalue weighted by Gasteiger charge is -2.24. The molecule has 1 atom stereocenters. The van der Waals surface area contributed by atoms with E-state index in [1.54, 1.807) is 35.2 Å². The van der Waals surface area contributed by atoms with Crippen LogP contribution in [-0.2, 0) is 11.3 Å². The second kappa shape index (κ2) is 7.95. The van der Waals surface area contributed by atoms with Crippen molar-refractivity contribution in [3.63, 3.8) is 0 Å². The number of rotatable bonds is 5. The molecule has 0 radical (unpaired) electrons. The Bertz CT molecular complexity index is 1190. The Morgan fingerprint density at radius 2 is 1.91 bits per heavy atom. The molecular weight excluding hydrogens is 423 g/mol. The maximum atomic E-state index is 12.4. The number of carbonyl (C=O) groups is 2. The quantitative estimate of drug-likeness (QED) is 0.564. The molecule has 3 aromatic rings. The average molecular weight is 443 g/mol.